The molecule has 4 nitrogen and oxygen atoms in total. The van der Waals surface area contributed by atoms with E-state index in [-0.39, 0.29) is 9.81 Å². The molecule has 13 heavy (non-hydrogen) atoms. The molecular weight excluding hydrogens is 212 g/mol. The number of carbonyl (C=O) groups excluding carboxylic acids is 2. The van der Waals surface area contributed by atoms with Gasteiger partial charge in [0.2, 0.25) is 0 Å². The lowest BCUT2D eigenvalue weighted by atomic mass is 10.5. The molecule has 0 rings (SSSR count). The van der Waals surface area contributed by atoms with Crippen LogP contribution in [0.5, 0.6) is 0 Å². The van der Waals surface area contributed by atoms with Gasteiger partial charge < -0.3 is 9.47 Å². The summed E-state index contributed by atoms with van der Waals surface area (Å²) in [6.07, 6.45) is 1.64. The van der Waals surface area contributed by atoms with Crippen molar-refractivity contribution in [3.63, 3.8) is 0 Å². The minimum atomic E-state index is -0.655. The van der Waals surface area contributed by atoms with Crippen molar-refractivity contribution in [3.8, 4) is 0 Å². The zero-order chi connectivity index (χ0) is 10.4. The maximum Gasteiger partial charge on any atom is 0.345 e. The molecule has 0 aliphatic rings. The molecule has 0 saturated carbocycles. The van der Waals surface area contributed by atoms with Gasteiger partial charge in [0.1, 0.15) is 9.81 Å². The number of thiol groups is 1. The summed E-state index contributed by atoms with van der Waals surface area (Å²) < 4.78 is 8.84. The first-order valence-electron chi connectivity index (χ1n) is 3.22. The van der Waals surface area contributed by atoms with Gasteiger partial charge in [-0.25, -0.2) is 9.59 Å². The molecule has 0 aromatic heterocycles. The van der Waals surface area contributed by atoms with Crippen molar-refractivity contribution in [2.75, 3.05) is 20.5 Å². The number of carbonyl (C=O) groups is 2. The molecule has 0 spiro atoms. The predicted octanol–water partition coefficient (Wildman–Crippen LogP) is 0.837. The van der Waals surface area contributed by atoms with Crippen molar-refractivity contribution >= 4 is 36.3 Å². The lowest BCUT2D eigenvalue weighted by Gasteiger charge is -2.04. The van der Waals surface area contributed by atoms with Crippen molar-refractivity contribution in [3.05, 3.63) is 9.81 Å². The number of esters is 2. The first-order valence-corrected chi connectivity index (χ1v) is 4.89. The summed E-state index contributed by atoms with van der Waals surface area (Å²) >= 11 is 4.94. The minimum absolute atomic E-state index is 0.0400. The van der Waals surface area contributed by atoms with Crippen LogP contribution in [0.15, 0.2) is 9.81 Å². The van der Waals surface area contributed by atoms with Gasteiger partial charge in [-0.15, -0.1) is 24.4 Å². The summed E-state index contributed by atoms with van der Waals surface area (Å²) in [6.45, 7) is 0. The number of ether oxygens (including phenoxy) is 2. The van der Waals surface area contributed by atoms with Crippen molar-refractivity contribution in [2.45, 2.75) is 0 Å². The molecule has 0 amide bonds. The van der Waals surface area contributed by atoms with E-state index in [4.69, 9.17) is 0 Å². The SMILES string of the molecule is COC(=O)/C(S)=C(\SC)C(=O)OC. The standard InChI is InChI=1S/C7H10O4S2/c1-10-6(8)4(12)5(13-3)7(9)11-2/h12H,1-3H3/b5-4+. The molecule has 74 valence electrons. The molecule has 0 heterocycles. The van der Waals surface area contributed by atoms with Gasteiger partial charge in [-0.1, -0.05) is 0 Å². The predicted molar refractivity (Wildman–Crippen MR) is 53.6 cm³/mol. The Hall–Kier alpha value is -0.620. The van der Waals surface area contributed by atoms with Gasteiger partial charge in [0.15, 0.2) is 0 Å². The number of methoxy groups -OCH3 is 2. The number of thioether (sulfide) groups is 1. The molecule has 0 fully saturated rings. The van der Waals surface area contributed by atoms with Crippen LogP contribution in [0.2, 0.25) is 0 Å². The Balaban J connectivity index is 4.89. The van der Waals surface area contributed by atoms with E-state index in [2.05, 4.69) is 22.1 Å². The Kier molecular flexibility index (Phi) is 5.65. The first kappa shape index (κ1) is 12.4. The zero-order valence-electron chi connectivity index (χ0n) is 7.49. The molecule has 0 radical (unpaired) electrons. The van der Waals surface area contributed by atoms with Crippen LogP contribution in [-0.4, -0.2) is 32.4 Å². The molecule has 0 aliphatic heterocycles. The van der Waals surface area contributed by atoms with Gasteiger partial charge in [0.05, 0.1) is 14.2 Å². The number of hydrogen-bond donors (Lipinski definition) is 1. The van der Waals surface area contributed by atoms with Crippen LogP contribution >= 0.6 is 24.4 Å². The Morgan fingerprint density at radius 1 is 1.15 bits per heavy atom. The van der Waals surface area contributed by atoms with Crippen LogP contribution in [0.25, 0.3) is 0 Å². The highest BCUT2D eigenvalue weighted by Crippen LogP contribution is 2.21. The molecule has 0 saturated heterocycles. The molecule has 0 unspecified atom stereocenters. The van der Waals surface area contributed by atoms with Gasteiger partial charge in [-0.2, -0.15) is 0 Å². The Morgan fingerprint density at radius 3 is 1.92 bits per heavy atom. The molecule has 0 bridgehead atoms. The third-order valence-electron chi connectivity index (χ3n) is 1.17. The molecule has 0 atom stereocenters. The van der Waals surface area contributed by atoms with Crippen molar-refractivity contribution in [1.82, 2.24) is 0 Å². The third-order valence-corrected chi connectivity index (χ3v) is 2.51. The van der Waals surface area contributed by atoms with Crippen LogP contribution in [0.3, 0.4) is 0 Å². The van der Waals surface area contributed by atoms with Gasteiger partial charge >= 0.3 is 11.9 Å². The van der Waals surface area contributed by atoms with Crippen molar-refractivity contribution < 1.29 is 19.1 Å². The average molecular weight is 222 g/mol. The summed E-state index contributed by atoms with van der Waals surface area (Å²) in [7, 11) is 2.45. The second-order valence-electron chi connectivity index (χ2n) is 1.87. The first-order chi connectivity index (χ1) is 6.08. The van der Waals surface area contributed by atoms with E-state index in [0.717, 1.165) is 11.8 Å². The second-order valence-corrected chi connectivity index (χ2v) is 3.13. The van der Waals surface area contributed by atoms with Crippen LogP contribution in [0.1, 0.15) is 0 Å². The summed E-state index contributed by atoms with van der Waals surface area (Å²) in [4.78, 5) is 22.1. The van der Waals surface area contributed by atoms with E-state index in [1.807, 2.05) is 0 Å². The third kappa shape index (κ3) is 3.31. The van der Waals surface area contributed by atoms with Crippen LogP contribution in [-0.2, 0) is 19.1 Å². The summed E-state index contributed by atoms with van der Waals surface area (Å²) in [5, 5.41) is 0. The minimum Gasteiger partial charge on any atom is -0.465 e. The summed E-state index contributed by atoms with van der Waals surface area (Å²) in [5.74, 6) is -1.25. The van der Waals surface area contributed by atoms with E-state index in [1.165, 1.54) is 14.2 Å². The van der Waals surface area contributed by atoms with Crippen LogP contribution in [0.4, 0.5) is 0 Å². The van der Waals surface area contributed by atoms with E-state index < -0.39 is 11.9 Å². The lowest BCUT2D eigenvalue weighted by Crippen LogP contribution is -2.09. The fourth-order valence-electron chi connectivity index (χ4n) is 0.559. The topological polar surface area (TPSA) is 52.6 Å². The fraction of sp³-hybridized carbons (Fsp3) is 0.429. The smallest absolute Gasteiger partial charge is 0.345 e. The molecule has 0 aromatic carbocycles. The Morgan fingerprint density at radius 2 is 1.62 bits per heavy atom. The lowest BCUT2D eigenvalue weighted by molar-refractivity contribution is -0.138. The van der Waals surface area contributed by atoms with E-state index in [0.29, 0.717) is 0 Å². The van der Waals surface area contributed by atoms with Crippen molar-refractivity contribution in [1.29, 1.82) is 0 Å². The van der Waals surface area contributed by atoms with Crippen LogP contribution in [0, 0.1) is 0 Å². The number of hydrogen-bond acceptors (Lipinski definition) is 6. The normalized spacial score (nSPS) is 11.7. The van der Waals surface area contributed by atoms with E-state index >= 15 is 0 Å². The highest BCUT2D eigenvalue weighted by Gasteiger charge is 2.18. The average Bonchev–Trinajstić information content (AvgIpc) is 2.17. The Labute approximate surface area is 86.1 Å². The maximum atomic E-state index is 11.0. The Bertz CT molecular complexity index is 247. The maximum absolute atomic E-state index is 11.0. The monoisotopic (exact) mass is 222 g/mol. The van der Waals surface area contributed by atoms with Gasteiger partial charge in [0, 0.05) is 0 Å². The fourth-order valence-corrected chi connectivity index (χ4v) is 1.54. The molecule has 0 N–H and O–H groups in total. The van der Waals surface area contributed by atoms with Gasteiger partial charge in [-0.05, 0) is 6.26 Å². The van der Waals surface area contributed by atoms with E-state index in [1.54, 1.807) is 6.26 Å². The van der Waals surface area contributed by atoms with Crippen LogP contribution < -0.4 is 0 Å². The molecule has 6 heteroatoms. The molecular formula is C7H10O4S2. The second kappa shape index (κ2) is 5.93. The molecule has 0 aliphatic carbocycles. The van der Waals surface area contributed by atoms with Crippen molar-refractivity contribution in [2.24, 2.45) is 0 Å². The summed E-state index contributed by atoms with van der Waals surface area (Å²) in [6, 6.07) is 0. The number of rotatable bonds is 3. The van der Waals surface area contributed by atoms with E-state index in [9.17, 15) is 9.59 Å². The zero-order valence-corrected chi connectivity index (χ0v) is 9.20. The molecule has 0 aromatic rings. The van der Waals surface area contributed by atoms with Gasteiger partial charge in [0.25, 0.3) is 0 Å². The largest absolute Gasteiger partial charge is 0.465 e. The highest BCUT2D eigenvalue weighted by molar-refractivity contribution is 8.04. The van der Waals surface area contributed by atoms with Gasteiger partial charge in [-0.3, -0.25) is 0 Å². The quantitative estimate of drug-likeness (QED) is 0.435. The highest BCUT2D eigenvalue weighted by atomic mass is 32.2. The summed E-state index contributed by atoms with van der Waals surface area (Å²) in [5.41, 5.74) is 0.